The van der Waals surface area contributed by atoms with E-state index in [-0.39, 0.29) is 22.6 Å². The number of halogens is 1. The van der Waals surface area contributed by atoms with Crippen molar-refractivity contribution < 1.29 is 4.74 Å². The fourth-order valence-corrected chi connectivity index (χ4v) is 4.45. The molecule has 0 spiro atoms. The van der Waals surface area contributed by atoms with Crippen molar-refractivity contribution in [3.63, 3.8) is 0 Å². The predicted molar refractivity (Wildman–Crippen MR) is 131 cm³/mol. The Bertz CT molecular complexity index is 1570. The Hall–Kier alpha value is -3.59. The van der Waals surface area contributed by atoms with Crippen LogP contribution in [0, 0.1) is 0 Å². The van der Waals surface area contributed by atoms with E-state index in [1.54, 1.807) is 44.5 Å². The van der Waals surface area contributed by atoms with Crippen LogP contribution in [0.5, 0.6) is 5.75 Å². The minimum absolute atomic E-state index is 0.137. The van der Waals surface area contributed by atoms with E-state index in [0.717, 1.165) is 12.8 Å². The summed E-state index contributed by atoms with van der Waals surface area (Å²) < 4.78 is 10.1. The first kappa shape index (κ1) is 21.3. The summed E-state index contributed by atoms with van der Waals surface area (Å²) in [6, 6.07) is 15.6. The van der Waals surface area contributed by atoms with E-state index in [9.17, 15) is 14.4 Å². The summed E-state index contributed by atoms with van der Waals surface area (Å²) in [4.78, 5) is 40.1. The van der Waals surface area contributed by atoms with Crippen molar-refractivity contribution in [1.29, 1.82) is 0 Å². The highest BCUT2D eigenvalue weighted by molar-refractivity contribution is 9.10. The molecule has 8 nitrogen and oxygen atoms in total. The lowest BCUT2D eigenvalue weighted by Crippen LogP contribution is -2.41. The lowest BCUT2D eigenvalue weighted by molar-refractivity contribution is 0.414. The summed E-state index contributed by atoms with van der Waals surface area (Å²) >= 11 is 3.51. The van der Waals surface area contributed by atoms with Crippen LogP contribution in [0.25, 0.3) is 16.7 Å². The zero-order chi connectivity index (χ0) is 23.3. The second kappa shape index (κ2) is 8.08. The van der Waals surface area contributed by atoms with Crippen molar-refractivity contribution in [2.24, 2.45) is 7.05 Å². The molecular weight excluding hydrogens is 488 g/mol. The zero-order valence-corrected chi connectivity index (χ0v) is 19.6. The molecule has 1 saturated carbocycles. The number of rotatable bonds is 5. The van der Waals surface area contributed by atoms with Gasteiger partial charge in [0.1, 0.15) is 16.8 Å². The van der Waals surface area contributed by atoms with Crippen molar-refractivity contribution in [2.75, 3.05) is 12.4 Å². The molecule has 0 amide bonds. The largest absolute Gasteiger partial charge is 0.497 e. The number of hydrogen-bond acceptors (Lipinski definition) is 5. The van der Waals surface area contributed by atoms with Gasteiger partial charge in [-0.3, -0.25) is 18.7 Å². The SMILES string of the molecule is COc1ccc(Nc2cc(=O)n(C)c3c2c(=O)n(C2CC2)c(=O)n3-c2ccccc2)c(Br)c1. The number of ether oxygens (including phenoxy) is 1. The first-order chi connectivity index (χ1) is 15.9. The summed E-state index contributed by atoms with van der Waals surface area (Å²) in [5.74, 6) is 0.662. The molecule has 9 heteroatoms. The molecule has 2 aromatic heterocycles. The topological polar surface area (TPSA) is 87.3 Å². The number of fused-ring (bicyclic) bond motifs is 1. The highest BCUT2D eigenvalue weighted by Crippen LogP contribution is 2.34. The summed E-state index contributed by atoms with van der Waals surface area (Å²) in [7, 11) is 3.14. The van der Waals surface area contributed by atoms with Gasteiger partial charge in [-0.1, -0.05) is 18.2 Å². The van der Waals surface area contributed by atoms with E-state index >= 15 is 0 Å². The van der Waals surface area contributed by atoms with Gasteiger partial charge in [0.25, 0.3) is 11.1 Å². The van der Waals surface area contributed by atoms with Gasteiger partial charge in [-0.25, -0.2) is 9.36 Å². The maximum atomic E-state index is 13.6. The molecule has 33 heavy (non-hydrogen) atoms. The number of para-hydroxylation sites is 1. The quantitative estimate of drug-likeness (QED) is 0.444. The molecule has 2 heterocycles. The second-order valence-corrected chi connectivity index (χ2v) is 8.84. The van der Waals surface area contributed by atoms with Gasteiger partial charge in [-0.05, 0) is 59.1 Å². The normalized spacial score (nSPS) is 13.3. The number of hydrogen-bond donors (Lipinski definition) is 1. The van der Waals surface area contributed by atoms with Crippen molar-refractivity contribution >= 4 is 38.3 Å². The summed E-state index contributed by atoms with van der Waals surface area (Å²) in [5, 5.41) is 3.49. The Morgan fingerprint density at radius 3 is 2.36 bits per heavy atom. The Labute approximate surface area is 196 Å². The molecule has 0 unspecified atom stereocenters. The molecule has 168 valence electrons. The zero-order valence-electron chi connectivity index (χ0n) is 18.0. The molecule has 1 aliphatic rings. The molecule has 5 rings (SSSR count). The number of methoxy groups -OCH3 is 1. The number of benzene rings is 2. The Kier molecular flexibility index (Phi) is 5.20. The van der Waals surface area contributed by atoms with Crippen LogP contribution >= 0.6 is 15.9 Å². The van der Waals surface area contributed by atoms with Crippen LogP contribution in [0.15, 0.2) is 73.5 Å². The number of nitrogens with one attached hydrogen (secondary N) is 1. The van der Waals surface area contributed by atoms with Gasteiger partial charge < -0.3 is 10.1 Å². The van der Waals surface area contributed by atoms with Crippen LogP contribution in [0.2, 0.25) is 0 Å². The van der Waals surface area contributed by atoms with E-state index in [1.807, 2.05) is 18.2 Å². The van der Waals surface area contributed by atoms with Gasteiger partial charge in [0.2, 0.25) is 0 Å². The van der Waals surface area contributed by atoms with E-state index in [1.165, 1.54) is 19.8 Å². The van der Waals surface area contributed by atoms with Crippen LogP contribution in [0.3, 0.4) is 0 Å². The molecule has 0 bridgehead atoms. The van der Waals surface area contributed by atoms with Gasteiger partial charge in [-0.15, -0.1) is 0 Å². The standard InChI is InChI=1S/C24H21BrN4O4/c1-27-20(30)13-19(26-18-11-10-16(33-2)12-17(18)25)21-22(27)28(14-6-4-3-5-7-14)24(32)29(23(21)31)15-8-9-15/h3-7,10-13,15,26H,8-9H2,1-2H3. The second-order valence-electron chi connectivity index (χ2n) is 7.98. The summed E-state index contributed by atoms with van der Waals surface area (Å²) in [6.45, 7) is 0. The Morgan fingerprint density at radius 1 is 1.00 bits per heavy atom. The van der Waals surface area contributed by atoms with Gasteiger partial charge in [0, 0.05) is 23.6 Å². The van der Waals surface area contributed by atoms with Crippen molar-refractivity contribution in [3.8, 4) is 11.4 Å². The molecule has 4 aromatic rings. The monoisotopic (exact) mass is 508 g/mol. The van der Waals surface area contributed by atoms with Gasteiger partial charge in [0.15, 0.2) is 0 Å². The fraction of sp³-hybridized carbons (Fsp3) is 0.208. The maximum Gasteiger partial charge on any atom is 0.337 e. The first-order valence-corrected chi connectivity index (χ1v) is 11.3. The third-order valence-corrected chi connectivity index (χ3v) is 6.48. The number of anilines is 2. The van der Waals surface area contributed by atoms with E-state index < -0.39 is 11.2 Å². The molecule has 0 aliphatic heterocycles. The summed E-state index contributed by atoms with van der Waals surface area (Å²) in [6.07, 6.45) is 1.54. The Morgan fingerprint density at radius 2 is 1.73 bits per heavy atom. The van der Waals surface area contributed by atoms with E-state index in [4.69, 9.17) is 4.74 Å². The summed E-state index contributed by atoms with van der Waals surface area (Å²) in [5.41, 5.74) is 0.615. The highest BCUT2D eigenvalue weighted by atomic mass is 79.9. The van der Waals surface area contributed by atoms with Crippen LogP contribution in [0.1, 0.15) is 18.9 Å². The van der Waals surface area contributed by atoms with Crippen LogP contribution in [0.4, 0.5) is 11.4 Å². The maximum absolute atomic E-state index is 13.6. The molecule has 1 N–H and O–H groups in total. The number of nitrogens with zero attached hydrogens (tertiary/aromatic N) is 3. The van der Waals surface area contributed by atoms with Crippen molar-refractivity contribution in [3.05, 3.63) is 90.3 Å². The third-order valence-electron chi connectivity index (χ3n) is 5.82. The number of aryl methyl sites for hydroxylation is 1. The molecule has 2 aromatic carbocycles. The lowest BCUT2D eigenvalue weighted by atomic mass is 10.2. The average Bonchev–Trinajstić information content (AvgIpc) is 3.64. The van der Waals surface area contributed by atoms with Gasteiger partial charge in [-0.2, -0.15) is 0 Å². The molecule has 0 radical (unpaired) electrons. The van der Waals surface area contributed by atoms with E-state index in [2.05, 4.69) is 21.2 Å². The van der Waals surface area contributed by atoms with E-state index in [0.29, 0.717) is 27.3 Å². The molecular formula is C24H21BrN4O4. The van der Waals surface area contributed by atoms with Crippen LogP contribution < -0.4 is 26.9 Å². The molecule has 1 aliphatic carbocycles. The first-order valence-electron chi connectivity index (χ1n) is 10.5. The number of pyridine rings is 1. The highest BCUT2D eigenvalue weighted by Gasteiger charge is 2.30. The average molecular weight is 509 g/mol. The number of aromatic nitrogens is 3. The lowest BCUT2D eigenvalue weighted by Gasteiger charge is -2.19. The van der Waals surface area contributed by atoms with Crippen molar-refractivity contribution in [1.82, 2.24) is 13.7 Å². The minimum Gasteiger partial charge on any atom is -0.497 e. The minimum atomic E-state index is -0.445. The van der Waals surface area contributed by atoms with Gasteiger partial charge >= 0.3 is 5.69 Å². The molecule has 0 atom stereocenters. The van der Waals surface area contributed by atoms with Crippen molar-refractivity contribution in [2.45, 2.75) is 18.9 Å². The van der Waals surface area contributed by atoms with Crippen LogP contribution in [-0.2, 0) is 7.05 Å². The fourth-order valence-electron chi connectivity index (χ4n) is 4.00. The van der Waals surface area contributed by atoms with Gasteiger partial charge in [0.05, 0.1) is 24.2 Å². The Balaban J connectivity index is 1.87. The molecule has 0 saturated heterocycles. The molecule has 1 fully saturated rings. The van der Waals surface area contributed by atoms with Crippen LogP contribution in [-0.4, -0.2) is 20.8 Å². The predicted octanol–water partition coefficient (Wildman–Crippen LogP) is 3.70. The smallest absolute Gasteiger partial charge is 0.337 e. The third kappa shape index (κ3) is 3.58.